The summed E-state index contributed by atoms with van der Waals surface area (Å²) in [6.07, 6.45) is 0.533. The van der Waals surface area contributed by atoms with E-state index in [4.69, 9.17) is 5.73 Å². The average molecular weight is 195 g/mol. The molecule has 0 bridgehead atoms. The second kappa shape index (κ2) is 4.22. The summed E-state index contributed by atoms with van der Waals surface area (Å²) in [5.74, 6) is -0.625. The zero-order chi connectivity index (χ0) is 10.7. The first kappa shape index (κ1) is 10.7. The molecule has 0 aliphatic rings. The van der Waals surface area contributed by atoms with E-state index in [0.717, 1.165) is 0 Å². The van der Waals surface area contributed by atoms with Crippen molar-refractivity contribution in [1.29, 1.82) is 0 Å². The predicted octanol–water partition coefficient (Wildman–Crippen LogP) is 2.12. The first-order valence-corrected chi connectivity index (χ1v) is 4.59. The van der Waals surface area contributed by atoms with Crippen molar-refractivity contribution in [2.24, 2.45) is 11.7 Å². The first-order chi connectivity index (χ1) is 6.52. The average Bonchev–Trinajstić information content (AvgIpc) is 2.07. The third-order valence-electron chi connectivity index (χ3n) is 2.00. The van der Waals surface area contributed by atoms with E-state index in [1.165, 1.54) is 12.1 Å². The molecular formula is C11H14FNO. The highest BCUT2D eigenvalue weighted by Gasteiger charge is 2.13. The van der Waals surface area contributed by atoms with E-state index in [2.05, 4.69) is 0 Å². The molecule has 0 spiro atoms. The van der Waals surface area contributed by atoms with Gasteiger partial charge in [0.1, 0.15) is 5.82 Å². The van der Waals surface area contributed by atoms with E-state index in [1.54, 1.807) is 6.07 Å². The normalized spacial score (nSPS) is 10.6. The number of amides is 1. The number of hydrogen-bond acceptors (Lipinski definition) is 1. The number of rotatable bonds is 3. The smallest absolute Gasteiger partial charge is 0.249 e. The van der Waals surface area contributed by atoms with Crippen LogP contribution in [0.5, 0.6) is 0 Å². The van der Waals surface area contributed by atoms with Crippen molar-refractivity contribution in [1.82, 2.24) is 0 Å². The molecule has 1 amide bonds. The highest BCUT2D eigenvalue weighted by molar-refractivity contribution is 5.94. The number of benzene rings is 1. The molecule has 0 atom stereocenters. The molecule has 1 rings (SSSR count). The largest absolute Gasteiger partial charge is 0.366 e. The fraction of sp³-hybridized carbons (Fsp3) is 0.364. The number of carbonyl (C=O) groups is 1. The zero-order valence-electron chi connectivity index (χ0n) is 8.38. The Bertz CT molecular complexity index is 347. The molecule has 1 aromatic rings. The van der Waals surface area contributed by atoms with E-state index in [0.29, 0.717) is 23.5 Å². The molecule has 0 aliphatic carbocycles. The fourth-order valence-corrected chi connectivity index (χ4v) is 1.41. The molecule has 2 N–H and O–H groups in total. The van der Waals surface area contributed by atoms with Crippen molar-refractivity contribution in [3.8, 4) is 0 Å². The van der Waals surface area contributed by atoms with Gasteiger partial charge in [-0.3, -0.25) is 4.79 Å². The van der Waals surface area contributed by atoms with Crippen molar-refractivity contribution in [2.75, 3.05) is 0 Å². The molecule has 0 unspecified atom stereocenters. The Labute approximate surface area is 82.9 Å². The van der Waals surface area contributed by atoms with Crippen molar-refractivity contribution < 1.29 is 9.18 Å². The lowest BCUT2D eigenvalue weighted by molar-refractivity contribution is 0.0998. The van der Waals surface area contributed by atoms with E-state index < -0.39 is 5.91 Å². The van der Waals surface area contributed by atoms with Gasteiger partial charge in [0.2, 0.25) is 5.91 Å². The molecule has 0 saturated carbocycles. The second-order valence-electron chi connectivity index (χ2n) is 3.73. The Kier molecular flexibility index (Phi) is 3.23. The quantitative estimate of drug-likeness (QED) is 0.788. The molecule has 0 aromatic heterocycles. The zero-order valence-corrected chi connectivity index (χ0v) is 8.38. The summed E-state index contributed by atoms with van der Waals surface area (Å²) in [4.78, 5) is 11.0. The molecule has 76 valence electrons. The monoisotopic (exact) mass is 195 g/mol. The number of nitrogens with two attached hydrogens (primary N) is 1. The highest BCUT2D eigenvalue weighted by atomic mass is 19.1. The number of hydrogen-bond donors (Lipinski definition) is 1. The molecule has 1 aromatic carbocycles. The molecule has 3 heteroatoms. The highest BCUT2D eigenvalue weighted by Crippen LogP contribution is 2.17. The van der Waals surface area contributed by atoms with E-state index in [-0.39, 0.29) is 5.82 Å². The maximum atomic E-state index is 13.4. The third kappa shape index (κ3) is 2.31. The predicted molar refractivity (Wildman–Crippen MR) is 53.5 cm³/mol. The van der Waals surface area contributed by atoms with Crippen LogP contribution >= 0.6 is 0 Å². The first-order valence-electron chi connectivity index (χ1n) is 4.59. The number of halogens is 1. The van der Waals surface area contributed by atoms with Crippen LogP contribution in [-0.4, -0.2) is 5.91 Å². The Balaban J connectivity index is 3.15. The Morgan fingerprint density at radius 2 is 2.14 bits per heavy atom. The van der Waals surface area contributed by atoms with Crippen molar-refractivity contribution in [3.63, 3.8) is 0 Å². The topological polar surface area (TPSA) is 43.1 Å². The van der Waals surface area contributed by atoms with Gasteiger partial charge in [0.05, 0.1) is 0 Å². The van der Waals surface area contributed by atoms with Crippen LogP contribution in [0.3, 0.4) is 0 Å². The van der Waals surface area contributed by atoms with Crippen LogP contribution in [0.15, 0.2) is 18.2 Å². The maximum Gasteiger partial charge on any atom is 0.249 e. The third-order valence-corrected chi connectivity index (χ3v) is 2.00. The minimum Gasteiger partial charge on any atom is -0.366 e. The van der Waals surface area contributed by atoms with Crippen LogP contribution in [0, 0.1) is 11.7 Å². The summed E-state index contributed by atoms with van der Waals surface area (Å²) in [6, 6.07) is 4.41. The minimum atomic E-state index is -0.569. The summed E-state index contributed by atoms with van der Waals surface area (Å²) >= 11 is 0. The van der Waals surface area contributed by atoms with Gasteiger partial charge in [-0.2, -0.15) is 0 Å². The van der Waals surface area contributed by atoms with Gasteiger partial charge in [0, 0.05) is 11.1 Å². The summed E-state index contributed by atoms with van der Waals surface area (Å²) in [5, 5.41) is 0. The van der Waals surface area contributed by atoms with Crippen LogP contribution in [0.4, 0.5) is 4.39 Å². The molecule has 0 radical (unpaired) electrons. The van der Waals surface area contributed by atoms with Gasteiger partial charge in [-0.15, -0.1) is 0 Å². The molecule has 2 nitrogen and oxygen atoms in total. The molecule has 0 aliphatic heterocycles. The van der Waals surface area contributed by atoms with Gasteiger partial charge < -0.3 is 5.73 Å². The van der Waals surface area contributed by atoms with Gasteiger partial charge in [0.15, 0.2) is 0 Å². The summed E-state index contributed by atoms with van der Waals surface area (Å²) in [5.41, 5.74) is 5.87. The van der Waals surface area contributed by atoms with Crippen LogP contribution in [0.2, 0.25) is 0 Å². The number of primary amides is 1. The Hall–Kier alpha value is -1.38. The molecule has 0 fully saturated rings. The van der Waals surface area contributed by atoms with Crippen LogP contribution in [-0.2, 0) is 6.42 Å². The van der Waals surface area contributed by atoms with E-state index in [9.17, 15) is 9.18 Å². The molecule has 0 heterocycles. The lowest BCUT2D eigenvalue weighted by Gasteiger charge is -2.09. The fourth-order valence-electron chi connectivity index (χ4n) is 1.41. The summed E-state index contributed by atoms with van der Waals surface area (Å²) in [7, 11) is 0. The molecule has 0 saturated heterocycles. The summed E-state index contributed by atoms with van der Waals surface area (Å²) < 4.78 is 13.4. The van der Waals surface area contributed by atoms with Gasteiger partial charge in [-0.05, 0) is 24.5 Å². The minimum absolute atomic E-state index is 0.290. The van der Waals surface area contributed by atoms with E-state index >= 15 is 0 Å². The van der Waals surface area contributed by atoms with Crippen LogP contribution in [0.25, 0.3) is 0 Å². The van der Waals surface area contributed by atoms with Crippen molar-refractivity contribution in [2.45, 2.75) is 20.3 Å². The van der Waals surface area contributed by atoms with Crippen LogP contribution in [0.1, 0.15) is 29.8 Å². The van der Waals surface area contributed by atoms with Gasteiger partial charge in [-0.1, -0.05) is 19.9 Å². The molecular weight excluding hydrogens is 181 g/mol. The Morgan fingerprint density at radius 1 is 1.50 bits per heavy atom. The SMILES string of the molecule is CC(C)Cc1c(F)cccc1C(N)=O. The van der Waals surface area contributed by atoms with Gasteiger partial charge >= 0.3 is 0 Å². The van der Waals surface area contributed by atoms with Crippen molar-refractivity contribution >= 4 is 5.91 Å². The summed E-state index contributed by atoms with van der Waals surface area (Å²) in [6.45, 7) is 3.94. The van der Waals surface area contributed by atoms with E-state index in [1.807, 2.05) is 13.8 Å². The Morgan fingerprint density at radius 3 is 2.64 bits per heavy atom. The van der Waals surface area contributed by atoms with Crippen molar-refractivity contribution in [3.05, 3.63) is 35.1 Å². The lowest BCUT2D eigenvalue weighted by atomic mass is 9.97. The van der Waals surface area contributed by atoms with Gasteiger partial charge in [-0.25, -0.2) is 4.39 Å². The molecule has 14 heavy (non-hydrogen) atoms. The maximum absolute atomic E-state index is 13.4. The van der Waals surface area contributed by atoms with Gasteiger partial charge in [0.25, 0.3) is 0 Å². The second-order valence-corrected chi connectivity index (χ2v) is 3.73. The lowest BCUT2D eigenvalue weighted by Crippen LogP contribution is -2.15. The standard InChI is InChI=1S/C11H14FNO/c1-7(2)6-9-8(11(13)14)4-3-5-10(9)12/h3-5,7H,6H2,1-2H3,(H2,13,14). The number of carbonyl (C=O) groups excluding carboxylic acids is 1. The van der Waals surface area contributed by atoms with Crippen LogP contribution < -0.4 is 5.73 Å².